The van der Waals surface area contributed by atoms with Gasteiger partial charge in [0, 0.05) is 53.4 Å². The van der Waals surface area contributed by atoms with Crippen LogP contribution in [0.2, 0.25) is 0 Å². The SMILES string of the molecule is Cc1c(CCC(=O)N2CCC(C(N)=O)CC2)c(=O)oc2cc3occ(-c4ccccc4)c3cc12. The van der Waals surface area contributed by atoms with Gasteiger partial charge in [0.1, 0.15) is 11.2 Å². The van der Waals surface area contributed by atoms with Crippen molar-refractivity contribution >= 4 is 33.8 Å². The number of amides is 2. The summed E-state index contributed by atoms with van der Waals surface area (Å²) in [6.45, 7) is 2.92. The van der Waals surface area contributed by atoms with Crippen LogP contribution in [0.1, 0.15) is 30.4 Å². The molecule has 2 amide bonds. The molecular weight excluding hydrogens is 432 g/mol. The number of furan rings is 1. The minimum atomic E-state index is -0.431. The van der Waals surface area contributed by atoms with E-state index in [4.69, 9.17) is 14.6 Å². The molecule has 1 saturated heterocycles. The van der Waals surface area contributed by atoms with Gasteiger partial charge in [-0.1, -0.05) is 30.3 Å². The molecule has 4 aromatic rings. The second-order valence-corrected chi connectivity index (χ2v) is 8.91. The molecule has 0 bridgehead atoms. The van der Waals surface area contributed by atoms with Crippen LogP contribution in [-0.4, -0.2) is 29.8 Å². The molecule has 2 N–H and O–H groups in total. The molecule has 0 unspecified atom stereocenters. The standard InChI is InChI=1S/C27H26N2O5/c1-16-19(7-8-25(30)29-11-9-18(10-12-29)26(28)31)27(32)34-24-14-23-21(13-20(16)24)22(15-33-23)17-5-3-2-4-6-17/h2-6,13-15,18H,7-12H2,1H3,(H2,28,31). The van der Waals surface area contributed by atoms with E-state index in [1.807, 2.05) is 43.3 Å². The number of nitrogens with zero attached hydrogens (tertiary/aromatic N) is 1. The van der Waals surface area contributed by atoms with Crippen molar-refractivity contribution in [3.63, 3.8) is 0 Å². The van der Waals surface area contributed by atoms with Crippen LogP contribution in [0.25, 0.3) is 33.1 Å². The van der Waals surface area contributed by atoms with E-state index in [0.29, 0.717) is 49.1 Å². The highest BCUT2D eigenvalue weighted by molar-refractivity contribution is 6.02. The van der Waals surface area contributed by atoms with E-state index in [1.54, 1.807) is 17.2 Å². The molecule has 2 aromatic carbocycles. The van der Waals surface area contributed by atoms with Crippen LogP contribution in [0.15, 0.2) is 62.4 Å². The Morgan fingerprint density at radius 1 is 1.06 bits per heavy atom. The fourth-order valence-electron chi connectivity index (χ4n) is 4.84. The van der Waals surface area contributed by atoms with Crippen molar-refractivity contribution in [2.45, 2.75) is 32.6 Å². The Balaban J connectivity index is 1.42. The van der Waals surface area contributed by atoms with Crippen molar-refractivity contribution in [1.29, 1.82) is 0 Å². The van der Waals surface area contributed by atoms with E-state index < -0.39 is 5.63 Å². The molecular formula is C27H26N2O5. The lowest BCUT2D eigenvalue weighted by molar-refractivity contribution is -0.134. The number of piperidine rings is 1. The van der Waals surface area contributed by atoms with Gasteiger partial charge < -0.3 is 19.5 Å². The Morgan fingerprint density at radius 2 is 1.79 bits per heavy atom. The molecule has 1 aliphatic rings. The molecule has 2 aromatic heterocycles. The average Bonchev–Trinajstić information content (AvgIpc) is 3.26. The molecule has 7 nitrogen and oxygen atoms in total. The first-order chi connectivity index (χ1) is 16.4. The lowest BCUT2D eigenvalue weighted by atomic mass is 9.95. The Morgan fingerprint density at radius 3 is 2.50 bits per heavy atom. The Kier molecular flexibility index (Phi) is 5.69. The fraction of sp³-hybridized carbons (Fsp3) is 0.296. The lowest BCUT2D eigenvalue weighted by Crippen LogP contribution is -2.41. The fourth-order valence-corrected chi connectivity index (χ4v) is 4.84. The molecule has 0 spiro atoms. The smallest absolute Gasteiger partial charge is 0.339 e. The zero-order valence-electron chi connectivity index (χ0n) is 19.0. The summed E-state index contributed by atoms with van der Waals surface area (Å²) < 4.78 is 11.4. The predicted octanol–water partition coefficient (Wildman–Crippen LogP) is 4.17. The molecule has 174 valence electrons. The molecule has 0 atom stereocenters. The minimum absolute atomic E-state index is 0.0292. The number of hydrogen-bond donors (Lipinski definition) is 1. The van der Waals surface area contributed by atoms with Crippen LogP contribution in [0.5, 0.6) is 0 Å². The van der Waals surface area contributed by atoms with Crippen molar-refractivity contribution in [1.82, 2.24) is 4.90 Å². The Bertz CT molecular complexity index is 1440. The third-order valence-corrected chi connectivity index (χ3v) is 6.91. The van der Waals surface area contributed by atoms with E-state index in [9.17, 15) is 14.4 Å². The van der Waals surface area contributed by atoms with Gasteiger partial charge in [-0.05, 0) is 43.4 Å². The maximum Gasteiger partial charge on any atom is 0.339 e. The number of primary amides is 1. The largest absolute Gasteiger partial charge is 0.464 e. The summed E-state index contributed by atoms with van der Waals surface area (Å²) in [5.41, 5.74) is 9.40. The molecule has 0 aliphatic carbocycles. The highest BCUT2D eigenvalue weighted by Gasteiger charge is 2.26. The van der Waals surface area contributed by atoms with Gasteiger partial charge in [0.25, 0.3) is 0 Å². The van der Waals surface area contributed by atoms with Gasteiger partial charge in [-0.2, -0.15) is 0 Å². The zero-order valence-corrected chi connectivity index (χ0v) is 19.0. The average molecular weight is 459 g/mol. The van der Waals surface area contributed by atoms with Gasteiger partial charge in [-0.25, -0.2) is 4.79 Å². The lowest BCUT2D eigenvalue weighted by Gasteiger charge is -2.30. The summed E-state index contributed by atoms with van der Waals surface area (Å²) in [6.07, 6.45) is 3.40. The monoisotopic (exact) mass is 458 g/mol. The number of carbonyl (C=O) groups excluding carboxylic acids is 2. The Labute approximate surface area is 196 Å². The van der Waals surface area contributed by atoms with E-state index in [0.717, 1.165) is 27.5 Å². The maximum atomic E-state index is 12.7. The van der Waals surface area contributed by atoms with Gasteiger partial charge >= 0.3 is 5.63 Å². The topological polar surface area (TPSA) is 107 Å². The van der Waals surface area contributed by atoms with E-state index in [1.165, 1.54) is 0 Å². The summed E-state index contributed by atoms with van der Waals surface area (Å²) >= 11 is 0. The van der Waals surface area contributed by atoms with Gasteiger partial charge in [-0.15, -0.1) is 0 Å². The molecule has 0 saturated carbocycles. The molecule has 3 heterocycles. The Hall–Kier alpha value is -3.87. The normalized spacial score (nSPS) is 14.7. The van der Waals surface area contributed by atoms with Gasteiger partial charge in [0.05, 0.1) is 6.26 Å². The summed E-state index contributed by atoms with van der Waals surface area (Å²) in [5, 5.41) is 1.77. The predicted molar refractivity (Wildman–Crippen MR) is 129 cm³/mol. The van der Waals surface area contributed by atoms with Crippen LogP contribution in [0.3, 0.4) is 0 Å². The molecule has 5 rings (SSSR count). The molecule has 7 heteroatoms. The van der Waals surface area contributed by atoms with E-state index in [-0.39, 0.29) is 24.2 Å². The second kappa shape index (κ2) is 8.82. The highest BCUT2D eigenvalue weighted by atomic mass is 16.4. The van der Waals surface area contributed by atoms with Gasteiger partial charge in [0.2, 0.25) is 11.8 Å². The van der Waals surface area contributed by atoms with Crippen LogP contribution < -0.4 is 11.4 Å². The van der Waals surface area contributed by atoms with E-state index in [2.05, 4.69) is 0 Å². The number of aryl methyl sites for hydroxylation is 1. The third kappa shape index (κ3) is 3.98. The molecule has 0 radical (unpaired) electrons. The van der Waals surface area contributed by atoms with E-state index >= 15 is 0 Å². The summed E-state index contributed by atoms with van der Waals surface area (Å²) in [4.78, 5) is 38.6. The van der Waals surface area contributed by atoms with Gasteiger partial charge in [-0.3, -0.25) is 9.59 Å². The maximum absolute atomic E-state index is 12.7. The first-order valence-electron chi connectivity index (χ1n) is 11.5. The van der Waals surface area contributed by atoms with Crippen LogP contribution >= 0.6 is 0 Å². The molecule has 1 aliphatic heterocycles. The van der Waals surface area contributed by atoms with Crippen LogP contribution in [0, 0.1) is 12.8 Å². The van der Waals surface area contributed by atoms with Crippen LogP contribution in [-0.2, 0) is 16.0 Å². The van der Waals surface area contributed by atoms with Crippen molar-refractivity contribution in [2.75, 3.05) is 13.1 Å². The molecule has 34 heavy (non-hydrogen) atoms. The minimum Gasteiger partial charge on any atom is -0.464 e. The quantitative estimate of drug-likeness (QED) is 0.452. The summed E-state index contributed by atoms with van der Waals surface area (Å²) in [7, 11) is 0. The second-order valence-electron chi connectivity index (χ2n) is 8.91. The van der Waals surface area contributed by atoms with Crippen LogP contribution in [0.4, 0.5) is 0 Å². The number of rotatable bonds is 5. The third-order valence-electron chi connectivity index (χ3n) is 6.91. The van der Waals surface area contributed by atoms with Crippen molar-refractivity contribution in [3.8, 4) is 11.1 Å². The number of nitrogens with two attached hydrogens (primary N) is 1. The van der Waals surface area contributed by atoms with Crippen molar-refractivity contribution in [3.05, 3.63) is 70.3 Å². The van der Waals surface area contributed by atoms with Gasteiger partial charge in [0.15, 0.2) is 0 Å². The summed E-state index contributed by atoms with van der Waals surface area (Å²) in [6, 6.07) is 13.7. The number of hydrogen-bond acceptors (Lipinski definition) is 5. The number of carbonyl (C=O) groups is 2. The number of benzene rings is 2. The summed E-state index contributed by atoms with van der Waals surface area (Å²) in [5.74, 6) is -0.503. The van der Waals surface area contributed by atoms with Crippen molar-refractivity contribution < 1.29 is 18.4 Å². The van der Waals surface area contributed by atoms with Crippen molar-refractivity contribution in [2.24, 2.45) is 11.7 Å². The highest BCUT2D eigenvalue weighted by Crippen LogP contribution is 2.34. The number of likely N-dealkylation sites (tertiary alicyclic amines) is 1. The zero-order chi connectivity index (χ0) is 23.8. The number of fused-ring (bicyclic) bond motifs is 2. The molecule has 1 fully saturated rings. The first-order valence-corrected chi connectivity index (χ1v) is 11.5. The first kappa shape index (κ1) is 21.9.